The highest BCUT2D eigenvalue weighted by Gasteiger charge is 2.26. The highest BCUT2D eigenvalue weighted by atomic mass is 16.5. The Labute approximate surface area is 146 Å². The second-order valence-corrected chi connectivity index (χ2v) is 6.67. The summed E-state index contributed by atoms with van der Waals surface area (Å²) in [4.78, 5) is 14.4. The average Bonchev–Trinajstić information content (AvgIpc) is 2.66. The minimum Gasteiger partial charge on any atom is -0.478 e. The third kappa shape index (κ3) is 2.63. The molecule has 0 aliphatic carbocycles. The molecule has 1 aromatic heterocycles. The monoisotopic (exact) mass is 335 g/mol. The quantitative estimate of drug-likeness (QED) is 0.654. The normalized spacial score (nSPS) is 15.6. The van der Waals surface area contributed by atoms with Gasteiger partial charge in [-0.15, -0.1) is 0 Å². The SMILES string of the molecule is Cc1c(C)c2ccc3c(c2oc1=O)CN(C(C)c1ccccc1)CO3. The Hall–Kier alpha value is -2.59. The third-order valence-corrected chi connectivity index (χ3v) is 5.26. The molecule has 0 radical (unpaired) electrons. The number of aryl methyl sites for hydroxylation is 1. The van der Waals surface area contributed by atoms with Crippen LogP contribution >= 0.6 is 0 Å². The summed E-state index contributed by atoms with van der Waals surface area (Å²) in [6.07, 6.45) is 0. The zero-order valence-corrected chi connectivity index (χ0v) is 14.7. The second kappa shape index (κ2) is 6.05. The molecular formula is C21H21NO3. The lowest BCUT2D eigenvalue weighted by Crippen LogP contribution is -2.34. The van der Waals surface area contributed by atoms with E-state index in [2.05, 4.69) is 24.0 Å². The number of rotatable bonds is 2. The van der Waals surface area contributed by atoms with Crippen LogP contribution in [0.5, 0.6) is 5.75 Å². The summed E-state index contributed by atoms with van der Waals surface area (Å²) in [6, 6.07) is 14.5. The minimum absolute atomic E-state index is 0.211. The van der Waals surface area contributed by atoms with E-state index >= 15 is 0 Å². The van der Waals surface area contributed by atoms with Gasteiger partial charge in [-0.05, 0) is 44.0 Å². The molecule has 0 saturated carbocycles. The van der Waals surface area contributed by atoms with Crippen LogP contribution in [-0.4, -0.2) is 11.6 Å². The van der Waals surface area contributed by atoms with E-state index < -0.39 is 0 Å². The van der Waals surface area contributed by atoms with Gasteiger partial charge < -0.3 is 9.15 Å². The van der Waals surface area contributed by atoms with E-state index in [9.17, 15) is 4.79 Å². The summed E-state index contributed by atoms with van der Waals surface area (Å²) in [5.41, 5.74) is 4.21. The number of hydrogen-bond acceptors (Lipinski definition) is 4. The lowest BCUT2D eigenvalue weighted by molar-refractivity contribution is 0.0620. The number of fused-ring (bicyclic) bond motifs is 3. The van der Waals surface area contributed by atoms with E-state index in [1.54, 1.807) is 6.92 Å². The number of hydrogen-bond donors (Lipinski definition) is 0. The average molecular weight is 335 g/mol. The highest BCUT2D eigenvalue weighted by Crippen LogP contribution is 2.36. The molecule has 4 rings (SSSR count). The molecule has 25 heavy (non-hydrogen) atoms. The molecule has 0 spiro atoms. The van der Waals surface area contributed by atoms with Gasteiger partial charge in [0.15, 0.2) is 0 Å². The Morgan fingerprint density at radius 2 is 1.80 bits per heavy atom. The molecule has 1 aliphatic rings. The summed E-state index contributed by atoms with van der Waals surface area (Å²) in [5, 5.41) is 0.980. The van der Waals surface area contributed by atoms with E-state index in [1.165, 1.54) is 5.56 Å². The van der Waals surface area contributed by atoms with Gasteiger partial charge in [0, 0.05) is 23.5 Å². The number of ether oxygens (including phenoxy) is 1. The van der Waals surface area contributed by atoms with Crippen LogP contribution in [0.4, 0.5) is 0 Å². The number of nitrogens with zero attached hydrogens (tertiary/aromatic N) is 1. The van der Waals surface area contributed by atoms with Crippen molar-refractivity contribution in [1.82, 2.24) is 4.90 Å². The molecule has 2 heterocycles. The van der Waals surface area contributed by atoms with Gasteiger partial charge in [0.2, 0.25) is 0 Å². The number of benzene rings is 2. The van der Waals surface area contributed by atoms with E-state index in [1.807, 2.05) is 37.3 Å². The van der Waals surface area contributed by atoms with Gasteiger partial charge in [-0.3, -0.25) is 4.90 Å². The summed E-state index contributed by atoms with van der Waals surface area (Å²) >= 11 is 0. The molecule has 0 bridgehead atoms. The third-order valence-electron chi connectivity index (χ3n) is 5.26. The lowest BCUT2D eigenvalue weighted by Gasteiger charge is -2.34. The van der Waals surface area contributed by atoms with Crippen LogP contribution in [0.15, 0.2) is 51.7 Å². The fourth-order valence-corrected chi connectivity index (χ4v) is 3.42. The highest BCUT2D eigenvalue weighted by molar-refractivity contribution is 5.85. The zero-order chi connectivity index (χ0) is 17.6. The zero-order valence-electron chi connectivity index (χ0n) is 14.7. The first-order valence-electron chi connectivity index (χ1n) is 8.54. The largest absolute Gasteiger partial charge is 0.478 e. The molecule has 3 aromatic rings. The maximum Gasteiger partial charge on any atom is 0.339 e. The Morgan fingerprint density at radius 3 is 2.56 bits per heavy atom. The van der Waals surface area contributed by atoms with Crippen LogP contribution in [0, 0.1) is 13.8 Å². The molecule has 128 valence electrons. The molecular weight excluding hydrogens is 314 g/mol. The lowest BCUT2D eigenvalue weighted by atomic mass is 10.0. The molecule has 0 amide bonds. The Morgan fingerprint density at radius 1 is 1.04 bits per heavy atom. The molecule has 0 fully saturated rings. The maximum absolute atomic E-state index is 12.2. The van der Waals surface area contributed by atoms with Crippen molar-refractivity contribution in [1.29, 1.82) is 0 Å². The molecule has 2 aromatic carbocycles. The van der Waals surface area contributed by atoms with Crippen molar-refractivity contribution in [3.05, 3.63) is 75.1 Å². The summed E-state index contributed by atoms with van der Waals surface area (Å²) in [5.74, 6) is 0.801. The van der Waals surface area contributed by atoms with E-state index in [0.29, 0.717) is 24.4 Å². The first-order valence-corrected chi connectivity index (χ1v) is 8.54. The molecule has 0 saturated heterocycles. The van der Waals surface area contributed by atoms with E-state index in [4.69, 9.17) is 9.15 Å². The molecule has 4 nitrogen and oxygen atoms in total. The second-order valence-electron chi connectivity index (χ2n) is 6.67. The molecule has 4 heteroatoms. The van der Waals surface area contributed by atoms with E-state index in [0.717, 1.165) is 22.3 Å². The summed E-state index contributed by atoms with van der Waals surface area (Å²) in [6.45, 7) is 7.15. The molecule has 1 unspecified atom stereocenters. The maximum atomic E-state index is 12.2. The first-order chi connectivity index (χ1) is 12.1. The summed E-state index contributed by atoms with van der Waals surface area (Å²) in [7, 11) is 0. The Bertz CT molecular complexity index is 991. The van der Waals surface area contributed by atoms with Crippen molar-refractivity contribution >= 4 is 11.0 Å². The van der Waals surface area contributed by atoms with Crippen molar-refractivity contribution in [2.24, 2.45) is 0 Å². The van der Waals surface area contributed by atoms with Gasteiger partial charge in [0.1, 0.15) is 18.1 Å². The predicted octanol–water partition coefficient (Wildman–Crippen LogP) is 4.32. The van der Waals surface area contributed by atoms with Crippen molar-refractivity contribution in [3.63, 3.8) is 0 Å². The topological polar surface area (TPSA) is 42.7 Å². The Kier molecular flexibility index (Phi) is 3.85. The summed E-state index contributed by atoms with van der Waals surface area (Å²) < 4.78 is 11.6. The van der Waals surface area contributed by atoms with Gasteiger partial charge in [-0.2, -0.15) is 0 Å². The van der Waals surface area contributed by atoms with Crippen LogP contribution in [0.2, 0.25) is 0 Å². The molecule has 1 atom stereocenters. The molecule has 1 aliphatic heterocycles. The minimum atomic E-state index is -0.272. The van der Waals surface area contributed by atoms with Crippen LogP contribution in [-0.2, 0) is 6.54 Å². The Balaban J connectivity index is 1.78. The first kappa shape index (κ1) is 15.9. The van der Waals surface area contributed by atoms with Crippen LogP contribution in [0.3, 0.4) is 0 Å². The van der Waals surface area contributed by atoms with Gasteiger partial charge in [-0.1, -0.05) is 30.3 Å². The van der Waals surface area contributed by atoms with Gasteiger partial charge in [-0.25, -0.2) is 4.79 Å². The van der Waals surface area contributed by atoms with Crippen LogP contribution < -0.4 is 10.4 Å². The van der Waals surface area contributed by atoms with Crippen LogP contribution in [0.25, 0.3) is 11.0 Å². The van der Waals surface area contributed by atoms with Crippen molar-refractivity contribution < 1.29 is 9.15 Å². The fourth-order valence-electron chi connectivity index (χ4n) is 3.42. The van der Waals surface area contributed by atoms with Crippen molar-refractivity contribution in [2.45, 2.75) is 33.4 Å². The van der Waals surface area contributed by atoms with Crippen molar-refractivity contribution in [3.8, 4) is 5.75 Å². The van der Waals surface area contributed by atoms with Crippen molar-refractivity contribution in [2.75, 3.05) is 6.73 Å². The smallest absolute Gasteiger partial charge is 0.339 e. The van der Waals surface area contributed by atoms with Gasteiger partial charge in [0.25, 0.3) is 0 Å². The van der Waals surface area contributed by atoms with Gasteiger partial charge in [0.05, 0.1) is 5.56 Å². The van der Waals surface area contributed by atoms with Gasteiger partial charge >= 0.3 is 5.63 Å². The van der Waals surface area contributed by atoms with Crippen LogP contribution in [0.1, 0.15) is 35.2 Å². The predicted molar refractivity (Wildman–Crippen MR) is 97.9 cm³/mol. The molecule has 0 N–H and O–H groups in total. The fraction of sp³-hybridized carbons (Fsp3) is 0.286. The standard InChI is InChI=1S/C21H21NO3/c1-13-14(2)21(23)25-20-17(13)9-10-19-18(20)11-22(12-24-19)15(3)16-7-5-4-6-8-16/h4-10,15H,11-12H2,1-3H3. The van der Waals surface area contributed by atoms with E-state index in [-0.39, 0.29) is 11.7 Å².